The molecular weight excluding hydrogens is 855 g/mol. The van der Waals surface area contributed by atoms with Gasteiger partial charge < -0.3 is 8.83 Å². The predicted octanol–water partition coefficient (Wildman–Crippen LogP) is 17.6. The molecule has 0 fully saturated rings. The number of aromatic nitrogens is 3. The van der Waals surface area contributed by atoms with Crippen LogP contribution in [-0.4, -0.2) is 15.0 Å². The number of hydrogen-bond acceptors (Lipinski definition) is 5. The van der Waals surface area contributed by atoms with E-state index in [2.05, 4.69) is 200 Å². The van der Waals surface area contributed by atoms with Crippen LogP contribution in [0.25, 0.3) is 144 Å². The van der Waals surface area contributed by atoms with E-state index in [1.807, 2.05) is 36.4 Å². The molecule has 10 aromatic carbocycles. The molecule has 0 saturated heterocycles. The van der Waals surface area contributed by atoms with Crippen LogP contribution >= 0.6 is 0 Å². The van der Waals surface area contributed by atoms with Crippen LogP contribution in [0.2, 0.25) is 0 Å². The van der Waals surface area contributed by atoms with Crippen LogP contribution in [0.3, 0.4) is 0 Å². The van der Waals surface area contributed by atoms with Gasteiger partial charge in [-0.3, -0.25) is 0 Å². The van der Waals surface area contributed by atoms with Crippen LogP contribution in [0.5, 0.6) is 0 Å². The topological polar surface area (TPSA) is 65.0 Å². The summed E-state index contributed by atoms with van der Waals surface area (Å²) in [6.07, 6.45) is 0. The van der Waals surface area contributed by atoms with Gasteiger partial charge in [-0.25, -0.2) is 15.0 Å². The normalized spacial score (nSPS) is 11.7. The minimum Gasteiger partial charge on any atom is -0.456 e. The summed E-state index contributed by atoms with van der Waals surface area (Å²) in [6.45, 7) is 0. The second kappa shape index (κ2) is 16.1. The highest BCUT2D eigenvalue weighted by Crippen LogP contribution is 2.47. The molecule has 70 heavy (non-hydrogen) atoms. The highest BCUT2D eigenvalue weighted by Gasteiger charge is 2.22. The first-order valence-corrected chi connectivity index (χ1v) is 23.6. The van der Waals surface area contributed by atoms with Crippen LogP contribution in [0, 0.1) is 0 Å². The van der Waals surface area contributed by atoms with Crippen LogP contribution in [0.1, 0.15) is 0 Å². The largest absolute Gasteiger partial charge is 0.456 e. The summed E-state index contributed by atoms with van der Waals surface area (Å²) in [5.74, 6) is 0.666. The highest BCUT2D eigenvalue weighted by atomic mass is 16.3. The quantitative estimate of drug-likeness (QED) is 0.149. The first kappa shape index (κ1) is 39.7. The van der Waals surface area contributed by atoms with Gasteiger partial charge in [-0.1, -0.05) is 194 Å². The fraction of sp³-hybridized carbons (Fsp3) is 0. The minimum atomic E-state index is 0.666. The van der Waals surface area contributed by atoms with Crippen molar-refractivity contribution in [3.63, 3.8) is 0 Å². The number of fused-ring (bicyclic) bond motifs is 9. The zero-order valence-electron chi connectivity index (χ0n) is 37.7. The zero-order valence-corrected chi connectivity index (χ0v) is 37.7. The number of nitrogens with zero attached hydrogens (tertiary/aromatic N) is 3. The van der Waals surface area contributed by atoms with E-state index in [1.165, 1.54) is 0 Å². The fourth-order valence-electron chi connectivity index (χ4n) is 10.4. The molecule has 4 heterocycles. The summed E-state index contributed by atoms with van der Waals surface area (Å²) in [7, 11) is 0. The van der Waals surface area contributed by atoms with Crippen LogP contribution < -0.4 is 0 Å². The molecule has 14 aromatic rings. The van der Waals surface area contributed by atoms with Gasteiger partial charge in [0, 0.05) is 71.1 Å². The Bertz CT molecular complexity index is 4340. The molecule has 0 radical (unpaired) electrons. The zero-order chi connectivity index (χ0) is 46.1. The molecule has 5 heteroatoms. The molecule has 0 saturated carbocycles. The number of furan rings is 2. The van der Waals surface area contributed by atoms with E-state index < -0.39 is 0 Å². The highest BCUT2D eigenvalue weighted by molar-refractivity contribution is 6.27. The number of hydrogen-bond donors (Lipinski definition) is 0. The Morgan fingerprint density at radius 1 is 0.286 bits per heavy atom. The Morgan fingerprint density at radius 3 is 1.61 bits per heavy atom. The second-order valence-corrected chi connectivity index (χ2v) is 17.8. The average molecular weight is 894 g/mol. The predicted molar refractivity (Wildman–Crippen MR) is 287 cm³/mol. The van der Waals surface area contributed by atoms with Crippen molar-refractivity contribution in [2.45, 2.75) is 0 Å². The lowest BCUT2D eigenvalue weighted by Gasteiger charge is -2.16. The number of para-hydroxylation sites is 4. The monoisotopic (exact) mass is 893 g/mol. The van der Waals surface area contributed by atoms with Gasteiger partial charge >= 0.3 is 0 Å². The minimum absolute atomic E-state index is 0.666. The van der Waals surface area contributed by atoms with E-state index in [9.17, 15) is 0 Å². The average Bonchev–Trinajstić information content (AvgIpc) is 4.01. The van der Waals surface area contributed by atoms with Crippen molar-refractivity contribution in [1.82, 2.24) is 15.0 Å². The Labute approximate surface area is 402 Å². The van der Waals surface area contributed by atoms with Crippen molar-refractivity contribution in [2.75, 3.05) is 0 Å². The van der Waals surface area contributed by atoms with Crippen molar-refractivity contribution in [2.24, 2.45) is 0 Å². The third-order valence-corrected chi connectivity index (χ3v) is 13.7. The summed E-state index contributed by atoms with van der Waals surface area (Å²) >= 11 is 0. The summed E-state index contributed by atoms with van der Waals surface area (Å²) in [5, 5.41) is 7.74. The third kappa shape index (κ3) is 6.59. The molecule has 4 aromatic heterocycles. The molecule has 0 aliphatic heterocycles. The van der Waals surface area contributed by atoms with Crippen LogP contribution in [-0.2, 0) is 0 Å². The molecule has 0 unspecified atom stereocenters. The summed E-state index contributed by atoms with van der Waals surface area (Å²) in [5.41, 5.74) is 17.5. The third-order valence-electron chi connectivity index (χ3n) is 13.7. The lowest BCUT2D eigenvalue weighted by atomic mass is 9.89. The molecule has 326 valence electrons. The van der Waals surface area contributed by atoms with Crippen LogP contribution in [0.4, 0.5) is 0 Å². The lowest BCUT2D eigenvalue weighted by Crippen LogP contribution is -1.96. The van der Waals surface area contributed by atoms with Crippen LogP contribution in [0.15, 0.2) is 245 Å². The molecule has 0 amide bonds. The fourth-order valence-corrected chi connectivity index (χ4v) is 10.4. The molecular formula is C65H39N3O2. The molecule has 5 nitrogen and oxygen atoms in total. The SMILES string of the molecule is c1ccc(-c2nc(-c3ccc(-c4cccc5c4oc4ccccc45)cc3)cc(-c3cccc(-c4cccc(-c5nc6ccccc6c6c(-c7ccccc7)c7c(cc56)oc5ccccc57)c4)c3)n2)cc1. The van der Waals surface area contributed by atoms with Crippen molar-refractivity contribution >= 4 is 65.6 Å². The van der Waals surface area contributed by atoms with Gasteiger partial charge in [-0.05, 0) is 64.7 Å². The molecule has 14 rings (SSSR count). The summed E-state index contributed by atoms with van der Waals surface area (Å²) in [6, 6.07) is 82.6. The van der Waals surface area contributed by atoms with Gasteiger partial charge in [-0.2, -0.15) is 0 Å². The second-order valence-electron chi connectivity index (χ2n) is 17.8. The molecule has 0 N–H and O–H groups in total. The summed E-state index contributed by atoms with van der Waals surface area (Å²) < 4.78 is 13.1. The van der Waals surface area contributed by atoms with Crippen molar-refractivity contribution < 1.29 is 8.83 Å². The van der Waals surface area contributed by atoms with Gasteiger partial charge in [0.05, 0.1) is 22.6 Å². The first-order chi connectivity index (χ1) is 34.7. The van der Waals surface area contributed by atoms with Crippen molar-refractivity contribution in [3.8, 4) is 78.5 Å². The Hall–Kier alpha value is -9.45. The van der Waals surface area contributed by atoms with E-state index in [-0.39, 0.29) is 0 Å². The van der Waals surface area contributed by atoms with Crippen molar-refractivity contribution in [3.05, 3.63) is 237 Å². The Balaban J connectivity index is 0.885. The molecule has 0 aliphatic carbocycles. The maximum atomic E-state index is 6.65. The van der Waals surface area contributed by atoms with Gasteiger partial charge in [0.2, 0.25) is 0 Å². The van der Waals surface area contributed by atoms with Gasteiger partial charge in [0.1, 0.15) is 22.3 Å². The smallest absolute Gasteiger partial charge is 0.160 e. The maximum absolute atomic E-state index is 6.65. The van der Waals surface area contributed by atoms with E-state index in [0.29, 0.717) is 5.82 Å². The standard InChI is InChI=1S/C65H39N3O2/c1-3-16-42(17-4-1)60-61-51-25-7-10-29-54(51)66-63(53(61)38-59-62(60)52-26-9-12-31-58(52)69-59)47-23-14-21-45(37-47)44-20-13-22-46(36-44)56-39-55(67-65(68-56)43-18-5-2-6-19-43)41-34-32-40(33-35-41)48-27-15-28-50-49-24-8-11-30-57(49)70-64(48)50/h1-39H. The Kier molecular flexibility index (Phi) is 9.14. The van der Waals surface area contributed by atoms with Gasteiger partial charge in [0.25, 0.3) is 0 Å². The lowest BCUT2D eigenvalue weighted by molar-refractivity contribution is 0.669. The summed E-state index contributed by atoms with van der Waals surface area (Å²) in [4.78, 5) is 15.8. The Morgan fingerprint density at radius 2 is 0.843 bits per heavy atom. The number of rotatable bonds is 7. The molecule has 0 atom stereocenters. The van der Waals surface area contributed by atoms with E-state index in [0.717, 1.165) is 138 Å². The van der Waals surface area contributed by atoms with E-state index in [1.54, 1.807) is 0 Å². The van der Waals surface area contributed by atoms with E-state index in [4.69, 9.17) is 23.8 Å². The maximum Gasteiger partial charge on any atom is 0.160 e. The molecule has 0 bridgehead atoms. The number of pyridine rings is 1. The van der Waals surface area contributed by atoms with Crippen molar-refractivity contribution in [1.29, 1.82) is 0 Å². The van der Waals surface area contributed by atoms with Gasteiger partial charge in [-0.15, -0.1) is 0 Å². The van der Waals surface area contributed by atoms with E-state index >= 15 is 0 Å². The molecule has 0 aliphatic rings. The molecule has 0 spiro atoms. The first-order valence-electron chi connectivity index (χ1n) is 23.6. The number of benzene rings is 10. The van der Waals surface area contributed by atoms with Gasteiger partial charge in [0.15, 0.2) is 5.82 Å².